The van der Waals surface area contributed by atoms with E-state index in [-0.39, 0.29) is 11.6 Å². The van der Waals surface area contributed by atoms with E-state index < -0.39 is 11.6 Å². The molecule has 0 unspecified atom stereocenters. The molecular weight excluding hydrogens is 250 g/mol. The average Bonchev–Trinajstić information content (AvgIpc) is 2.72. The highest BCUT2D eigenvalue weighted by Crippen LogP contribution is 2.27. The Morgan fingerprint density at radius 1 is 1.21 bits per heavy atom. The predicted octanol–water partition coefficient (Wildman–Crippen LogP) is 2.59. The number of nitrogens with zero attached hydrogens (tertiary/aromatic N) is 3. The number of aromatic nitrogens is 3. The van der Waals surface area contributed by atoms with Crippen LogP contribution in [0.1, 0.15) is 5.56 Å². The van der Waals surface area contributed by atoms with Crippen LogP contribution in [0.25, 0.3) is 16.7 Å². The largest absolute Gasteiger partial charge is 0.369 e. The molecule has 0 radical (unpaired) electrons. The molecule has 2 heterocycles. The Kier molecular flexibility index (Phi) is 2.45. The predicted molar refractivity (Wildman–Crippen MR) is 67.9 cm³/mol. The molecule has 2 N–H and O–H groups in total. The standard InChI is InChI=1S/C13H10F2N4/c1-7-2-3-8(14)12(11(7)15)19-10-4-5-17-6-9(10)18-13(19)16/h2-6H,1H3,(H2,16,18). The fourth-order valence-corrected chi connectivity index (χ4v) is 2.03. The molecular formula is C13H10F2N4. The van der Waals surface area contributed by atoms with Crippen LogP contribution < -0.4 is 5.73 Å². The Labute approximate surface area is 107 Å². The van der Waals surface area contributed by atoms with Crippen LogP contribution in [0, 0.1) is 18.6 Å². The topological polar surface area (TPSA) is 56.7 Å². The molecule has 0 aliphatic heterocycles. The Bertz CT molecular complexity index is 780. The average molecular weight is 260 g/mol. The number of imidazole rings is 1. The third-order valence-corrected chi connectivity index (χ3v) is 2.97. The first-order valence-corrected chi connectivity index (χ1v) is 5.62. The smallest absolute Gasteiger partial charge is 0.206 e. The summed E-state index contributed by atoms with van der Waals surface area (Å²) < 4.78 is 29.4. The van der Waals surface area contributed by atoms with E-state index >= 15 is 0 Å². The summed E-state index contributed by atoms with van der Waals surface area (Å²) in [4.78, 5) is 7.95. The highest BCUT2D eigenvalue weighted by atomic mass is 19.1. The van der Waals surface area contributed by atoms with E-state index in [1.807, 2.05) is 0 Å². The van der Waals surface area contributed by atoms with Crippen LogP contribution in [0.4, 0.5) is 14.7 Å². The maximum absolute atomic E-state index is 14.2. The van der Waals surface area contributed by atoms with Gasteiger partial charge in [0.25, 0.3) is 0 Å². The number of nitrogen functional groups attached to an aromatic ring is 1. The Balaban J connectivity index is 2.43. The summed E-state index contributed by atoms with van der Waals surface area (Å²) in [5.74, 6) is -1.32. The molecule has 0 aliphatic carbocycles. The molecule has 0 amide bonds. The molecule has 3 rings (SSSR count). The molecule has 0 fully saturated rings. The molecule has 0 bridgehead atoms. The monoisotopic (exact) mass is 260 g/mol. The van der Waals surface area contributed by atoms with E-state index in [2.05, 4.69) is 9.97 Å². The number of rotatable bonds is 1. The minimum Gasteiger partial charge on any atom is -0.369 e. The Morgan fingerprint density at radius 3 is 2.79 bits per heavy atom. The maximum atomic E-state index is 14.2. The van der Waals surface area contributed by atoms with E-state index in [1.54, 1.807) is 13.0 Å². The minimum absolute atomic E-state index is 0.0198. The van der Waals surface area contributed by atoms with Gasteiger partial charge in [0, 0.05) is 6.20 Å². The Hall–Kier alpha value is -2.50. The van der Waals surface area contributed by atoms with Gasteiger partial charge >= 0.3 is 0 Å². The summed E-state index contributed by atoms with van der Waals surface area (Å²) in [6.07, 6.45) is 3.01. The van der Waals surface area contributed by atoms with Gasteiger partial charge in [0.2, 0.25) is 5.95 Å². The second kappa shape index (κ2) is 4.01. The quantitative estimate of drug-likeness (QED) is 0.731. The van der Waals surface area contributed by atoms with Gasteiger partial charge in [0.05, 0.1) is 11.7 Å². The van der Waals surface area contributed by atoms with Gasteiger partial charge in [-0.15, -0.1) is 0 Å². The highest BCUT2D eigenvalue weighted by Gasteiger charge is 2.18. The first kappa shape index (κ1) is 11.6. The van der Waals surface area contributed by atoms with Crippen LogP contribution in [0.15, 0.2) is 30.6 Å². The number of halogens is 2. The van der Waals surface area contributed by atoms with Gasteiger partial charge in [-0.2, -0.15) is 0 Å². The third kappa shape index (κ3) is 1.64. The number of anilines is 1. The van der Waals surface area contributed by atoms with Crippen LogP contribution in [0.2, 0.25) is 0 Å². The summed E-state index contributed by atoms with van der Waals surface area (Å²) in [6.45, 7) is 1.56. The second-order valence-electron chi connectivity index (χ2n) is 4.20. The number of hydrogen-bond acceptors (Lipinski definition) is 3. The molecule has 96 valence electrons. The summed E-state index contributed by atoms with van der Waals surface area (Å²) in [6, 6.07) is 4.20. The number of benzene rings is 1. The molecule has 1 aromatic carbocycles. The molecule has 6 heteroatoms. The fraction of sp³-hybridized carbons (Fsp3) is 0.0769. The van der Waals surface area contributed by atoms with Crippen molar-refractivity contribution in [2.24, 2.45) is 0 Å². The molecule has 0 saturated heterocycles. The van der Waals surface area contributed by atoms with Crippen molar-refractivity contribution in [1.82, 2.24) is 14.5 Å². The van der Waals surface area contributed by atoms with Crippen LogP contribution in [-0.2, 0) is 0 Å². The van der Waals surface area contributed by atoms with Gasteiger partial charge < -0.3 is 5.73 Å². The molecule has 4 nitrogen and oxygen atoms in total. The van der Waals surface area contributed by atoms with E-state index in [1.165, 1.54) is 29.1 Å². The second-order valence-corrected chi connectivity index (χ2v) is 4.20. The Morgan fingerprint density at radius 2 is 2.00 bits per heavy atom. The van der Waals surface area contributed by atoms with E-state index in [9.17, 15) is 8.78 Å². The van der Waals surface area contributed by atoms with Crippen molar-refractivity contribution in [2.75, 3.05) is 5.73 Å². The van der Waals surface area contributed by atoms with Crippen LogP contribution in [0.5, 0.6) is 0 Å². The van der Waals surface area contributed by atoms with Gasteiger partial charge in [-0.25, -0.2) is 13.8 Å². The van der Waals surface area contributed by atoms with Gasteiger partial charge in [-0.3, -0.25) is 9.55 Å². The number of fused-ring (bicyclic) bond motifs is 1. The fourth-order valence-electron chi connectivity index (χ4n) is 2.03. The van der Waals surface area contributed by atoms with Crippen molar-refractivity contribution in [2.45, 2.75) is 6.92 Å². The molecule has 0 saturated carbocycles. The van der Waals surface area contributed by atoms with Crippen LogP contribution in [0.3, 0.4) is 0 Å². The number of nitrogens with two attached hydrogens (primary N) is 1. The molecule has 3 aromatic rings. The van der Waals surface area contributed by atoms with E-state index in [4.69, 9.17) is 5.73 Å². The van der Waals surface area contributed by atoms with Crippen molar-refractivity contribution in [1.29, 1.82) is 0 Å². The normalized spacial score (nSPS) is 11.1. The molecule has 0 atom stereocenters. The first-order valence-electron chi connectivity index (χ1n) is 5.62. The van der Waals surface area contributed by atoms with Gasteiger partial charge in [-0.05, 0) is 24.6 Å². The lowest BCUT2D eigenvalue weighted by atomic mass is 10.2. The zero-order chi connectivity index (χ0) is 13.6. The third-order valence-electron chi connectivity index (χ3n) is 2.97. The summed E-state index contributed by atoms with van der Waals surface area (Å²) in [5.41, 5.74) is 6.88. The van der Waals surface area contributed by atoms with E-state index in [0.29, 0.717) is 16.6 Å². The highest BCUT2D eigenvalue weighted by molar-refractivity contribution is 5.80. The molecule has 2 aromatic heterocycles. The molecule has 0 aliphatic rings. The minimum atomic E-state index is -0.689. The van der Waals surface area contributed by atoms with Crippen molar-refractivity contribution in [3.05, 3.63) is 47.8 Å². The van der Waals surface area contributed by atoms with Crippen molar-refractivity contribution in [3.8, 4) is 5.69 Å². The summed E-state index contributed by atoms with van der Waals surface area (Å²) in [5, 5.41) is 0. The lowest BCUT2D eigenvalue weighted by Crippen LogP contribution is -2.06. The van der Waals surface area contributed by atoms with Crippen molar-refractivity contribution in [3.63, 3.8) is 0 Å². The molecule has 19 heavy (non-hydrogen) atoms. The first-order chi connectivity index (χ1) is 9.09. The molecule has 0 spiro atoms. The SMILES string of the molecule is Cc1ccc(F)c(-n2c(N)nc3cnccc32)c1F. The number of pyridine rings is 1. The van der Waals surface area contributed by atoms with Crippen molar-refractivity contribution >= 4 is 17.0 Å². The zero-order valence-electron chi connectivity index (χ0n) is 10.1. The number of hydrogen-bond donors (Lipinski definition) is 1. The summed E-state index contributed by atoms with van der Waals surface area (Å²) in [7, 11) is 0. The number of aryl methyl sites for hydroxylation is 1. The lowest BCUT2D eigenvalue weighted by molar-refractivity contribution is 0.566. The van der Waals surface area contributed by atoms with Gasteiger partial charge in [0.15, 0.2) is 5.82 Å². The van der Waals surface area contributed by atoms with Gasteiger partial charge in [-0.1, -0.05) is 6.07 Å². The van der Waals surface area contributed by atoms with Gasteiger partial charge in [0.1, 0.15) is 17.0 Å². The van der Waals surface area contributed by atoms with Crippen molar-refractivity contribution < 1.29 is 8.78 Å². The van der Waals surface area contributed by atoms with Crippen LogP contribution in [-0.4, -0.2) is 14.5 Å². The summed E-state index contributed by atoms with van der Waals surface area (Å²) >= 11 is 0. The zero-order valence-corrected chi connectivity index (χ0v) is 10.1. The maximum Gasteiger partial charge on any atom is 0.206 e. The lowest BCUT2D eigenvalue weighted by Gasteiger charge is -2.10. The van der Waals surface area contributed by atoms with E-state index in [0.717, 1.165) is 0 Å². The van der Waals surface area contributed by atoms with Crippen LogP contribution >= 0.6 is 0 Å².